The van der Waals surface area contributed by atoms with Crippen LogP contribution in [-0.4, -0.2) is 60.5 Å². The number of piperazine rings is 1. The van der Waals surface area contributed by atoms with E-state index in [2.05, 4.69) is 22.1 Å². The molecule has 0 radical (unpaired) electrons. The highest BCUT2D eigenvalue weighted by Gasteiger charge is 2.22. The Balaban J connectivity index is 1.70. The van der Waals surface area contributed by atoms with Crippen LogP contribution in [0.15, 0.2) is 36.5 Å². The van der Waals surface area contributed by atoms with Crippen LogP contribution in [0.1, 0.15) is 17.4 Å². The maximum absolute atomic E-state index is 12.7. The van der Waals surface area contributed by atoms with Crippen LogP contribution in [0.5, 0.6) is 5.75 Å². The van der Waals surface area contributed by atoms with E-state index < -0.39 is 0 Å². The molecule has 1 amide bonds. The number of aromatic nitrogens is 1. The van der Waals surface area contributed by atoms with Gasteiger partial charge in [0.2, 0.25) is 0 Å². The summed E-state index contributed by atoms with van der Waals surface area (Å²) in [7, 11) is 1.58. The molecule has 1 N–H and O–H groups in total. The largest absolute Gasteiger partial charge is 0.495 e. The van der Waals surface area contributed by atoms with Gasteiger partial charge in [0.15, 0.2) is 0 Å². The van der Waals surface area contributed by atoms with E-state index in [0.29, 0.717) is 16.5 Å². The Bertz CT molecular complexity index is 776. The molecule has 26 heavy (non-hydrogen) atoms. The van der Waals surface area contributed by atoms with Gasteiger partial charge in [-0.1, -0.05) is 18.5 Å². The molecule has 7 heteroatoms. The van der Waals surface area contributed by atoms with Crippen LogP contribution in [0, 0.1) is 0 Å². The first kappa shape index (κ1) is 18.5. The van der Waals surface area contributed by atoms with Gasteiger partial charge in [0.25, 0.3) is 5.91 Å². The minimum Gasteiger partial charge on any atom is -0.495 e. The van der Waals surface area contributed by atoms with Crippen molar-refractivity contribution in [3.63, 3.8) is 0 Å². The van der Waals surface area contributed by atoms with Crippen LogP contribution in [0.3, 0.4) is 0 Å². The Morgan fingerprint density at radius 2 is 1.92 bits per heavy atom. The number of anilines is 2. The van der Waals surface area contributed by atoms with Crippen molar-refractivity contribution < 1.29 is 9.53 Å². The number of likely N-dealkylation sites (N-methyl/N-ethyl adjacent to an activating group) is 1. The lowest BCUT2D eigenvalue weighted by molar-refractivity contribution is 0.0637. The fourth-order valence-electron chi connectivity index (χ4n) is 2.97. The van der Waals surface area contributed by atoms with Crippen molar-refractivity contribution in [3.8, 4) is 5.75 Å². The molecule has 2 aromatic rings. The summed E-state index contributed by atoms with van der Waals surface area (Å²) in [6.07, 6.45) is 1.64. The minimum absolute atomic E-state index is 0.0304. The van der Waals surface area contributed by atoms with Crippen molar-refractivity contribution in [2.45, 2.75) is 6.92 Å². The lowest BCUT2D eigenvalue weighted by atomic mass is 10.2. The third-order valence-electron chi connectivity index (χ3n) is 4.53. The second-order valence-electron chi connectivity index (χ2n) is 6.13. The average Bonchev–Trinajstić information content (AvgIpc) is 2.68. The molecule has 1 aliphatic rings. The van der Waals surface area contributed by atoms with Gasteiger partial charge in [0.1, 0.15) is 11.4 Å². The van der Waals surface area contributed by atoms with Crippen LogP contribution in [0.25, 0.3) is 0 Å². The number of rotatable bonds is 5. The molecule has 1 aliphatic heterocycles. The van der Waals surface area contributed by atoms with Gasteiger partial charge in [-0.3, -0.25) is 9.78 Å². The fourth-order valence-corrected chi connectivity index (χ4v) is 3.22. The zero-order chi connectivity index (χ0) is 18.5. The van der Waals surface area contributed by atoms with Crippen LogP contribution in [0.2, 0.25) is 5.02 Å². The van der Waals surface area contributed by atoms with E-state index in [1.165, 1.54) is 0 Å². The van der Waals surface area contributed by atoms with Crippen molar-refractivity contribution in [1.29, 1.82) is 0 Å². The van der Waals surface area contributed by atoms with Gasteiger partial charge in [0, 0.05) is 43.8 Å². The molecule has 6 nitrogen and oxygen atoms in total. The Kier molecular flexibility index (Phi) is 5.96. The van der Waals surface area contributed by atoms with Gasteiger partial charge in [-0.15, -0.1) is 0 Å². The molecular formula is C19H23ClN4O2. The van der Waals surface area contributed by atoms with Crippen LogP contribution >= 0.6 is 11.6 Å². The number of halogens is 1. The number of carbonyl (C=O) groups excluding carboxylic acids is 1. The third-order valence-corrected chi connectivity index (χ3v) is 4.82. The van der Waals surface area contributed by atoms with Crippen molar-refractivity contribution in [2.75, 3.05) is 45.2 Å². The van der Waals surface area contributed by atoms with Crippen LogP contribution in [-0.2, 0) is 0 Å². The fraction of sp³-hybridized carbons (Fsp3) is 0.368. The standard InChI is InChI=1S/C19H23ClN4O2/c1-3-23-8-10-24(11-9-23)19(25)17-13-15(6-7-21-17)22-14-4-5-18(26-2)16(20)12-14/h4-7,12-13H,3,8-11H2,1-2H3,(H,21,22). The lowest BCUT2D eigenvalue weighted by Gasteiger charge is -2.33. The Morgan fingerprint density at radius 3 is 2.58 bits per heavy atom. The van der Waals surface area contributed by atoms with Crippen LogP contribution in [0.4, 0.5) is 11.4 Å². The molecule has 0 aliphatic carbocycles. The highest BCUT2D eigenvalue weighted by Crippen LogP contribution is 2.28. The molecule has 3 rings (SSSR count). The molecule has 0 atom stereocenters. The predicted molar refractivity (Wildman–Crippen MR) is 104 cm³/mol. The smallest absolute Gasteiger partial charge is 0.272 e. The van der Waals surface area contributed by atoms with E-state index in [0.717, 1.165) is 44.1 Å². The number of benzene rings is 1. The molecule has 1 aromatic heterocycles. The second kappa shape index (κ2) is 8.38. The van der Waals surface area contributed by atoms with Crippen molar-refractivity contribution in [3.05, 3.63) is 47.2 Å². The van der Waals surface area contributed by atoms with Gasteiger partial charge >= 0.3 is 0 Å². The molecule has 0 saturated carbocycles. The molecule has 1 aromatic carbocycles. The number of amides is 1. The van der Waals surface area contributed by atoms with Crippen molar-refractivity contribution in [2.24, 2.45) is 0 Å². The first-order valence-corrected chi connectivity index (χ1v) is 9.06. The quantitative estimate of drug-likeness (QED) is 0.870. The summed E-state index contributed by atoms with van der Waals surface area (Å²) >= 11 is 6.16. The Morgan fingerprint density at radius 1 is 1.19 bits per heavy atom. The highest BCUT2D eigenvalue weighted by molar-refractivity contribution is 6.32. The predicted octanol–water partition coefficient (Wildman–Crippen LogP) is 3.26. The molecule has 0 spiro atoms. The summed E-state index contributed by atoms with van der Waals surface area (Å²) < 4.78 is 5.16. The van der Waals surface area contributed by atoms with Gasteiger partial charge in [-0.2, -0.15) is 0 Å². The van der Waals surface area contributed by atoms with Crippen molar-refractivity contribution >= 4 is 28.9 Å². The summed E-state index contributed by atoms with van der Waals surface area (Å²) in [6, 6.07) is 9.05. The number of hydrogen-bond acceptors (Lipinski definition) is 5. The van der Waals surface area contributed by atoms with E-state index in [1.54, 1.807) is 31.5 Å². The number of pyridine rings is 1. The lowest BCUT2D eigenvalue weighted by Crippen LogP contribution is -2.48. The number of methoxy groups -OCH3 is 1. The van der Waals surface area contributed by atoms with Gasteiger partial charge in [0.05, 0.1) is 12.1 Å². The molecule has 0 bridgehead atoms. The van der Waals surface area contributed by atoms with Gasteiger partial charge in [-0.05, 0) is 36.9 Å². The minimum atomic E-state index is -0.0304. The summed E-state index contributed by atoms with van der Waals surface area (Å²) in [5, 5.41) is 3.78. The maximum Gasteiger partial charge on any atom is 0.272 e. The number of nitrogens with zero attached hydrogens (tertiary/aromatic N) is 3. The molecule has 0 unspecified atom stereocenters. The Hall–Kier alpha value is -2.31. The summed E-state index contributed by atoms with van der Waals surface area (Å²) in [6.45, 7) is 6.44. The first-order valence-electron chi connectivity index (χ1n) is 8.69. The SMILES string of the molecule is CCN1CCN(C(=O)c2cc(Nc3ccc(OC)c(Cl)c3)ccn2)CC1. The molecule has 1 saturated heterocycles. The zero-order valence-electron chi connectivity index (χ0n) is 15.0. The summed E-state index contributed by atoms with van der Waals surface area (Å²) in [5.41, 5.74) is 2.05. The number of nitrogens with one attached hydrogen (secondary N) is 1. The topological polar surface area (TPSA) is 57.7 Å². The monoisotopic (exact) mass is 374 g/mol. The van der Waals surface area contributed by atoms with E-state index in [-0.39, 0.29) is 5.91 Å². The number of ether oxygens (including phenoxy) is 1. The van der Waals surface area contributed by atoms with E-state index in [4.69, 9.17) is 16.3 Å². The van der Waals surface area contributed by atoms with Gasteiger partial charge in [-0.25, -0.2) is 0 Å². The van der Waals surface area contributed by atoms with Gasteiger partial charge < -0.3 is 19.9 Å². The average molecular weight is 375 g/mol. The van der Waals surface area contributed by atoms with E-state index >= 15 is 0 Å². The van der Waals surface area contributed by atoms with E-state index in [1.807, 2.05) is 17.0 Å². The molecule has 1 fully saturated rings. The normalized spacial score (nSPS) is 15.0. The Labute approximate surface area is 158 Å². The molecule has 2 heterocycles. The van der Waals surface area contributed by atoms with Crippen molar-refractivity contribution in [1.82, 2.24) is 14.8 Å². The first-order chi connectivity index (χ1) is 12.6. The summed E-state index contributed by atoms with van der Waals surface area (Å²) in [4.78, 5) is 21.2. The molecular weight excluding hydrogens is 352 g/mol. The third kappa shape index (κ3) is 4.26. The van der Waals surface area contributed by atoms with Crippen LogP contribution < -0.4 is 10.1 Å². The summed E-state index contributed by atoms with van der Waals surface area (Å²) in [5.74, 6) is 0.589. The number of carbonyl (C=O) groups is 1. The second-order valence-corrected chi connectivity index (χ2v) is 6.54. The number of hydrogen-bond donors (Lipinski definition) is 1. The van der Waals surface area contributed by atoms with E-state index in [9.17, 15) is 4.79 Å². The zero-order valence-corrected chi connectivity index (χ0v) is 15.8. The molecule has 138 valence electrons. The highest BCUT2D eigenvalue weighted by atomic mass is 35.5. The maximum atomic E-state index is 12.7.